The maximum Gasteiger partial charge on any atom is 0.343 e. The Balaban J connectivity index is 1.06. The molecule has 386 valence electrons. The van der Waals surface area contributed by atoms with Crippen LogP contribution >= 0.6 is 11.3 Å². The van der Waals surface area contributed by atoms with Crippen molar-refractivity contribution in [2.75, 3.05) is 9.71 Å². The molecule has 3 aromatic heterocycles. The number of nitrogens with zero attached hydrogens (tertiary/aromatic N) is 2. The van der Waals surface area contributed by atoms with E-state index in [4.69, 9.17) is 8.83 Å². The van der Waals surface area contributed by atoms with Crippen LogP contribution in [0, 0.1) is 0 Å². The van der Waals surface area contributed by atoms with Gasteiger partial charge in [-0.2, -0.15) is 0 Å². The van der Waals surface area contributed by atoms with E-state index in [9.17, 15) is 0 Å². The van der Waals surface area contributed by atoms with Crippen LogP contribution in [0.3, 0.4) is 0 Å². The summed E-state index contributed by atoms with van der Waals surface area (Å²) in [5.41, 5.74) is 24.0. The van der Waals surface area contributed by atoms with E-state index in [1.807, 2.05) is 11.3 Å². The molecule has 0 N–H and O–H groups in total. The van der Waals surface area contributed by atoms with Gasteiger partial charge in [0.15, 0.2) is 0 Å². The monoisotopic (exact) mass is 1050 g/mol. The van der Waals surface area contributed by atoms with E-state index in [1.165, 1.54) is 76.1 Å². The van der Waals surface area contributed by atoms with Crippen LogP contribution in [0.2, 0.25) is 0 Å². The molecule has 0 atom stereocenters. The van der Waals surface area contributed by atoms with E-state index in [0.717, 1.165) is 90.6 Å². The molecule has 13 aromatic rings. The molecular formula is C74H59BN2O2S. The molecule has 4 nitrogen and oxygen atoms in total. The lowest BCUT2D eigenvalue weighted by Gasteiger charge is -2.45. The fourth-order valence-electron chi connectivity index (χ4n) is 13.9. The van der Waals surface area contributed by atoms with Crippen LogP contribution in [0.25, 0.3) is 98.5 Å². The molecular weight excluding hydrogens is 992 g/mol. The van der Waals surface area contributed by atoms with Crippen molar-refractivity contribution in [2.24, 2.45) is 0 Å². The van der Waals surface area contributed by atoms with Gasteiger partial charge in [-0.05, 0) is 140 Å². The Morgan fingerprint density at radius 3 is 1.79 bits per heavy atom. The van der Waals surface area contributed by atoms with Crippen molar-refractivity contribution in [3.8, 4) is 44.5 Å². The van der Waals surface area contributed by atoms with Crippen molar-refractivity contribution in [3.05, 3.63) is 223 Å². The molecule has 0 bridgehead atoms. The van der Waals surface area contributed by atoms with Crippen LogP contribution in [0.1, 0.15) is 78.0 Å². The van der Waals surface area contributed by atoms with Gasteiger partial charge in [-0.1, -0.05) is 188 Å². The van der Waals surface area contributed by atoms with E-state index in [2.05, 4.69) is 264 Å². The number of thiophene rings is 1. The first-order chi connectivity index (χ1) is 38.8. The van der Waals surface area contributed by atoms with Crippen molar-refractivity contribution in [1.29, 1.82) is 0 Å². The first-order valence-corrected chi connectivity index (χ1v) is 29.2. The fourth-order valence-corrected chi connectivity index (χ4v) is 15.2. The normalized spacial score (nSPS) is 15.2. The molecule has 5 heterocycles. The molecule has 3 aliphatic rings. The van der Waals surface area contributed by atoms with Crippen molar-refractivity contribution in [1.82, 2.24) is 0 Å². The van der Waals surface area contributed by atoms with E-state index in [-0.39, 0.29) is 23.1 Å². The molecule has 0 saturated heterocycles. The van der Waals surface area contributed by atoms with Crippen LogP contribution in [0.5, 0.6) is 0 Å². The standard InChI is InChI=1S/C74H59BN2O2S/c1-72(2,3)49-30-34-60(53(38-49)47-23-15-10-16-24-47)76-62-41-56-51-25-17-18-26-63(51)79-70(56)67-57-39-54-55-40-58-59(74(6,7)36-35-73(58,4)5)42-64(55)78-65(54)43-61(57)77(50-31-27-46(28-32-50)44-19-11-8-12-20-44)75(68(62)67)71-69(76)52-33-29-48(37-66(52)80-71)45-21-13-9-14-22-45/h8-34,37-43H,35-36H2,1-7H3. The minimum Gasteiger partial charge on any atom is -0.456 e. The molecule has 1 aliphatic carbocycles. The summed E-state index contributed by atoms with van der Waals surface area (Å²) < 4.78 is 17.1. The van der Waals surface area contributed by atoms with Crippen LogP contribution in [-0.2, 0) is 16.2 Å². The van der Waals surface area contributed by atoms with Gasteiger partial charge in [0.2, 0.25) is 0 Å². The average Bonchev–Trinajstić information content (AvgIpc) is 2.74. The third-order valence-electron chi connectivity index (χ3n) is 18.3. The molecule has 0 radical (unpaired) electrons. The number of fused-ring (bicyclic) bond motifs is 14. The second-order valence-electron chi connectivity index (χ2n) is 25.0. The summed E-state index contributed by atoms with van der Waals surface area (Å²) in [4.78, 5) is 5.28. The summed E-state index contributed by atoms with van der Waals surface area (Å²) >= 11 is 1.92. The summed E-state index contributed by atoms with van der Waals surface area (Å²) in [6.45, 7) is 16.3. The minimum absolute atomic E-state index is 0.0304. The van der Waals surface area contributed by atoms with Gasteiger partial charge in [-0.25, -0.2) is 0 Å². The Labute approximate surface area is 471 Å². The van der Waals surface area contributed by atoms with Crippen LogP contribution < -0.4 is 20.0 Å². The number of benzene rings is 10. The first kappa shape index (κ1) is 47.4. The summed E-state index contributed by atoms with van der Waals surface area (Å²) in [7, 11) is 0. The quantitative estimate of drug-likeness (QED) is 0.161. The van der Waals surface area contributed by atoms with E-state index < -0.39 is 0 Å². The van der Waals surface area contributed by atoms with Crippen molar-refractivity contribution in [3.63, 3.8) is 0 Å². The number of para-hydroxylation sites is 1. The number of hydrogen-bond donors (Lipinski definition) is 0. The molecule has 0 spiro atoms. The van der Waals surface area contributed by atoms with Crippen LogP contribution in [0.15, 0.2) is 215 Å². The molecule has 0 fully saturated rings. The van der Waals surface area contributed by atoms with Gasteiger partial charge in [0.1, 0.15) is 22.3 Å². The zero-order valence-corrected chi connectivity index (χ0v) is 47.1. The van der Waals surface area contributed by atoms with Gasteiger partial charge in [0.05, 0.1) is 11.4 Å². The van der Waals surface area contributed by atoms with Crippen molar-refractivity contribution >= 4 is 111 Å². The predicted octanol–water partition coefficient (Wildman–Crippen LogP) is 20.1. The highest BCUT2D eigenvalue weighted by Gasteiger charge is 2.49. The first-order valence-electron chi connectivity index (χ1n) is 28.4. The second-order valence-corrected chi connectivity index (χ2v) is 26.1. The van der Waals surface area contributed by atoms with Crippen LogP contribution in [-0.4, -0.2) is 6.85 Å². The smallest absolute Gasteiger partial charge is 0.343 e. The Hall–Kier alpha value is -8.58. The maximum atomic E-state index is 7.33. The molecule has 10 aromatic carbocycles. The summed E-state index contributed by atoms with van der Waals surface area (Å²) in [6.07, 6.45) is 2.27. The highest BCUT2D eigenvalue weighted by atomic mass is 32.1. The highest BCUT2D eigenvalue weighted by Crippen LogP contribution is 2.56. The highest BCUT2D eigenvalue weighted by molar-refractivity contribution is 7.32. The number of rotatable bonds is 5. The van der Waals surface area contributed by atoms with Crippen LogP contribution in [0.4, 0.5) is 28.4 Å². The average molecular weight is 1050 g/mol. The van der Waals surface area contributed by atoms with E-state index >= 15 is 0 Å². The molecule has 80 heavy (non-hydrogen) atoms. The molecule has 16 rings (SSSR count). The van der Waals surface area contributed by atoms with Crippen molar-refractivity contribution in [2.45, 2.75) is 77.6 Å². The molecule has 6 heteroatoms. The van der Waals surface area contributed by atoms with Gasteiger partial charge in [0, 0.05) is 76.2 Å². The summed E-state index contributed by atoms with van der Waals surface area (Å²) in [5.74, 6) is 0. The predicted molar refractivity (Wildman–Crippen MR) is 340 cm³/mol. The van der Waals surface area contributed by atoms with Gasteiger partial charge in [-0.3, -0.25) is 0 Å². The zero-order valence-electron chi connectivity index (χ0n) is 46.2. The number of anilines is 5. The maximum absolute atomic E-state index is 7.33. The third kappa shape index (κ3) is 7.00. The summed E-state index contributed by atoms with van der Waals surface area (Å²) in [6, 6.07) is 77.0. The minimum atomic E-state index is -0.263. The Morgan fingerprint density at radius 2 is 1.07 bits per heavy atom. The molecule has 0 saturated carbocycles. The molecule has 0 unspecified atom stereocenters. The lowest BCUT2D eigenvalue weighted by Crippen LogP contribution is -2.60. The van der Waals surface area contributed by atoms with Gasteiger partial charge < -0.3 is 18.5 Å². The number of hydrogen-bond acceptors (Lipinski definition) is 5. The second kappa shape index (κ2) is 17.0. The lowest BCUT2D eigenvalue weighted by molar-refractivity contribution is 0.332. The fraction of sp³-hybridized carbons (Fsp3) is 0.162. The molecule has 0 amide bonds. The van der Waals surface area contributed by atoms with Gasteiger partial charge in [0.25, 0.3) is 0 Å². The van der Waals surface area contributed by atoms with E-state index in [0.29, 0.717) is 0 Å². The Kier molecular flexibility index (Phi) is 10.1. The zero-order chi connectivity index (χ0) is 54.0. The largest absolute Gasteiger partial charge is 0.456 e. The van der Waals surface area contributed by atoms with Crippen molar-refractivity contribution < 1.29 is 8.83 Å². The molecule has 2 aliphatic heterocycles. The SMILES string of the molecule is CC(C)(C)c1ccc(N2c3cc4c(oc5ccccc54)c4c3B(c3sc5cc(-c6ccccc6)ccc5c32)N(c2ccc(-c3ccccc3)cc2)c2cc3oc5cc6c(cc5c3cc2-4)C(C)(C)CCC6(C)C)c(-c2ccccc2)c1. The summed E-state index contributed by atoms with van der Waals surface area (Å²) in [5, 5.41) is 5.70. The Morgan fingerprint density at radius 1 is 0.463 bits per heavy atom. The van der Waals surface area contributed by atoms with Gasteiger partial charge >= 0.3 is 6.85 Å². The topological polar surface area (TPSA) is 32.8 Å². The Bertz CT molecular complexity index is 4690. The number of furan rings is 2. The third-order valence-corrected chi connectivity index (χ3v) is 19.5. The van der Waals surface area contributed by atoms with E-state index in [1.54, 1.807) is 0 Å². The lowest BCUT2D eigenvalue weighted by atomic mass is 9.46. The van der Waals surface area contributed by atoms with Gasteiger partial charge in [-0.15, -0.1) is 11.3 Å².